The maximum atomic E-state index is 13.8. The number of pyridine rings is 2. The van der Waals surface area contributed by atoms with E-state index in [2.05, 4.69) is 10.1 Å². The summed E-state index contributed by atoms with van der Waals surface area (Å²) < 4.78 is 3.21. The molecule has 5 rings (SSSR count). The number of carboxylic acid groups (broad SMARTS) is 1. The molecule has 5 aromatic rings. The van der Waals surface area contributed by atoms with Crippen molar-refractivity contribution in [1.82, 2.24) is 19.3 Å². The Labute approximate surface area is 188 Å². The highest BCUT2D eigenvalue weighted by molar-refractivity contribution is 6.06. The van der Waals surface area contributed by atoms with E-state index >= 15 is 0 Å². The fourth-order valence-electron chi connectivity index (χ4n) is 4.35. The van der Waals surface area contributed by atoms with Gasteiger partial charge in [0, 0.05) is 5.69 Å². The van der Waals surface area contributed by atoms with Crippen molar-refractivity contribution in [3.8, 4) is 5.69 Å². The molecule has 2 aromatic carbocycles. The summed E-state index contributed by atoms with van der Waals surface area (Å²) >= 11 is 0. The first-order chi connectivity index (χ1) is 15.9. The Bertz CT molecular complexity index is 1630. The van der Waals surface area contributed by atoms with Crippen LogP contribution in [0.25, 0.3) is 27.4 Å². The summed E-state index contributed by atoms with van der Waals surface area (Å²) in [5.41, 5.74) is 9.72. The molecule has 33 heavy (non-hydrogen) atoms. The normalized spacial score (nSPS) is 11.3. The largest absolute Gasteiger partial charge is 0.476 e. The van der Waals surface area contributed by atoms with Crippen LogP contribution in [0, 0.1) is 13.8 Å². The lowest BCUT2D eigenvalue weighted by Crippen LogP contribution is -2.25. The highest BCUT2D eigenvalue weighted by Gasteiger charge is 2.21. The predicted octanol–water partition coefficient (Wildman–Crippen LogP) is 3.68. The molecule has 164 valence electrons. The Balaban J connectivity index is 1.82. The molecule has 0 radical (unpaired) electrons. The number of aromatic carboxylic acids is 1. The number of carbonyl (C=O) groups is 1. The zero-order chi connectivity index (χ0) is 23.3. The first-order valence-corrected chi connectivity index (χ1v) is 10.4. The van der Waals surface area contributed by atoms with Crippen LogP contribution in [0.15, 0.2) is 65.7 Å². The van der Waals surface area contributed by atoms with Crippen molar-refractivity contribution < 1.29 is 9.90 Å². The van der Waals surface area contributed by atoms with Gasteiger partial charge in [0.1, 0.15) is 0 Å². The van der Waals surface area contributed by atoms with Crippen LogP contribution in [0.2, 0.25) is 0 Å². The second-order valence-corrected chi connectivity index (χ2v) is 8.04. The first kappa shape index (κ1) is 20.4. The van der Waals surface area contributed by atoms with Gasteiger partial charge in [0.15, 0.2) is 5.69 Å². The number of anilines is 1. The van der Waals surface area contributed by atoms with Crippen molar-refractivity contribution in [2.75, 3.05) is 5.73 Å². The van der Waals surface area contributed by atoms with Gasteiger partial charge in [0.2, 0.25) is 0 Å². The fourth-order valence-corrected chi connectivity index (χ4v) is 4.35. The van der Waals surface area contributed by atoms with Crippen LogP contribution in [0.4, 0.5) is 5.69 Å². The lowest BCUT2D eigenvalue weighted by atomic mass is 10.1. The third kappa shape index (κ3) is 3.23. The average Bonchev–Trinajstić information content (AvgIpc) is 3.15. The van der Waals surface area contributed by atoms with Gasteiger partial charge >= 0.3 is 5.97 Å². The van der Waals surface area contributed by atoms with Crippen LogP contribution in [0.5, 0.6) is 0 Å². The van der Waals surface area contributed by atoms with Gasteiger partial charge in [0.05, 0.1) is 46.6 Å². The number of nitrogens with zero attached hydrogens (tertiary/aromatic N) is 4. The summed E-state index contributed by atoms with van der Waals surface area (Å²) in [7, 11) is 0. The maximum Gasteiger partial charge on any atom is 0.357 e. The van der Waals surface area contributed by atoms with Crippen molar-refractivity contribution in [3.63, 3.8) is 0 Å². The lowest BCUT2D eigenvalue weighted by molar-refractivity contribution is 0.0691. The molecule has 0 atom stereocenters. The Morgan fingerprint density at radius 2 is 1.79 bits per heavy atom. The monoisotopic (exact) mass is 439 g/mol. The molecule has 8 nitrogen and oxygen atoms in total. The van der Waals surface area contributed by atoms with E-state index in [1.807, 2.05) is 62.4 Å². The van der Waals surface area contributed by atoms with Crippen LogP contribution in [-0.4, -0.2) is 30.4 Å². The molecular formula is C25H21N5O3. The summed E-state index contributed by atoms with van der Waals surface area (Å²) in [5.74, 6) is -1.18. The van der Waals surface area contributed by atoms with E-state index in [-0.39, 0.29) is 23.5 Å². The zero-order valence-corrected chi connectivity index (χ0v) is 18.1. The number of aryl methyl sites for hydroxylation is 2. The topological polar surface area (TPSA) is 116 Å². The second kappa shape index (κ2) is 7.59. The van der Waals surface area contributed by atoms with Gasteiger partial charge in [-0.3, -0.25) is 19.0 Å². The second-order valence-electron chi connectivity index (χ2n) is 8.04. The summed E-state index contributed by atoms with van der Waals surface area (Å²) in [6.45, 7) is 4.02. The molecule has 0 bridgehead atoms. The third-order valence-corrected chi connectivity index (χ3v) is 5.89. The summed E-state index contributed by atoms with van der Waals surface area (Å²) in [4.78, 5) is 29.7. The lowest BCUT2D eigenvalue weighted by Gasteiger charge is -2.17. The van der Waals surface area contributed by atoms with E-state index in [0.29, 0.717) is 22.0 Å². The first-order valence-electron chi connectivity index (χ1n) is 10.4. The molecular weight excluding hydrogens is 418 g/mol. The van der Waals surface area contributed by atoms with Crippen molar-refractivity contribution in [2.24, 2.45) is 0 Å². The van der Waals surface area contributed by atoms with Gasteiger partial charge in [-0.1, -0.05) is 36.4 Å². The highest BCUT2D eigenvalue weighted by atomic mass is 16.4. The quantitative estimate of drug-likeness (QED) is 0.441. The smallest absolute Gasteiger partial charge is 0.357 e. The minimum Gasteiger partial charge on any atom is -0.476 e. The number of aromatic nitrogens is 4. The number of fused-ring (bicyclic) bond motifs is 2. The molecule has 0 amide bonds. The molecule has 0 spiro atoms. The van der Waals surface area contributed by atoms with Crippen molar-refractivity contribution in [1.29, 1.82) is 0 Å². The number of hydrogen-bond donors (Lipinski definition) is 2. The number of rotatable bonds is 4. The van der Waals surface area contributed by atoms with E-state index in [0.717, 1.165) is 22.2 Å². The van der Waals surface area contributed by atoms with Crippen LogP contribution in [-0.2, 0) is 6.54 Å². The highest BCUT2D eigenvalue weighted by Crippen LogP contribution is 2.26. The molecule has 0 saturated carbocycles. The molecule has 0 aliphatic rings. The van der Waals surface area contributed by atoms with Crippen molar-refractivity contribution in [3.05, 3.63) is 93.8 Å². The number of nitrogen functional groups attached to an aromatic ring is 1. The number of nitrogens with two attached hydrogens (primary N) is 1. The maximum absolute atomic E-state index is 13.8. The SMILES string of the molecule is Cc1ccccc1-n1c(Cn2nc(C(=O)O)c3c(N)cncc32)cc2cccc(C)c2c1=O. The van der Waals surface area contributed by atoms with Crippen LogP contribution in [0.3, 0.4) is 0 Å². The van der Waals surface area contributed by atoms with Gasteiger partial charge < -0.3 is 10.8 Å². The van der Waals surface area contributed by atoms with E-state index in [1.54, 1.807) is 4.57 Å². The Hall–Kier alpha value is -4.46. The average molecular weight is 439 g/mol. The molecule has 8 heteroatoms. The third-order valence-electron chi connectivity index (χ3n) is 5.89. The van der Waals surface area contributed by atoms with Crippen molar-refractivity contribution in [2.45, 2.75) is 20.4 Å². The van der Waals surface area contributed by atoms with Gasteiger partial charge in [-0.2, -0.15) is 5.10 Å². The molecule has 0 fully saturated rings. The fraction of sp³-hybridized carbons (Fsp3) is 0.120. The number of carboxylic acids is 1. The van der Waals surface area contributed by atoms with E-state index < -0.39 is 5.97 Å². The minimum atomic E-state index is -1.18. The molecule has 3 heterocycles. The van der Waals surface area contributed by atoms with Gasteiger partial charge in [-0.05, 0) is 42.5 Å². The molecule has 0 saturated heterocycles. The Kier molecular flexibility index (Phi) is 4.70. The van der Waals surface area contributed by atoms with E-state index in [4.69, 9.17) is 5.73 Å². The van der Waals surface area contributed by atoms with E-state index in [9.17, 15) is 14.7 Å². The van der Waals surface area contributed by atoms with Crippen LogP contribution >= 0.6 is 0 Å². The predicted molar refractivity (Wildman–Crippen MR) is 127 cm³/mol. The minimum absolute atomic E-state index is 0.137. The number of hydrogen-bond acceptors (Lipinski definition) is 5. The summed E-state index contributed by atoms with van der Waals surface area (Å²) in [5, 5.41) is 15.8. The molecule has 0 aliphatic heterocycles. The van der Waals surface area contributed by atoms with Gasteiger partial charge in [0.25, 0.3) is 5.56 Å². The van der Waals surface area contributed by atoms with E-state index in [1.165, 1.54) is 17.1 Å². The van der Waals surface area contributed by atoms with Crippen LogP contribution < -0.4 is 11.3 Å². The molecule has 3 aromatic heterocycles. The standard InChI is InChI=1S/C25H21N5O3/c1-14-6-3-4-9-19(14)30-17(10-16-8-5-7-15(2)21(16)24(30)31)13-29-20-12-27-11-18(26)22(20)23(28-29)25(32)33/h3-12H,13,26H2,1-2H3,(H,32,33). The van der Waals surface area contributed by atoms with Gasteiger partial charge in [-0.15, -0.1) is 0 Å². The van der Waals surface area contributed by atoms with Gasteiger partial charge in [-0.25, -0.2) is 4.79 Å². The molecule has 0 aliphatic carbocycles. The number of para-hydroxylation sites is 1. The number of benzene rings is 2. The molecule has 0 unspecified atom stereocenters. The van der Waals surface area contributed by atoms with Crippen LogP contribution in [0.1, 0.15) is 27.3 Å². The molecule has 3 N–H and O–H groups in total. The van der Waals surface area contributed by atoms with Crippen molar-refractivity contribution >= 4 is 33.3 Å². The Morgan fingerprint density at radius 1 is 1.03 bits per heavy atom. The summed E-state index contributed by atoms with van der Waals surface area (Å²) in [6.07, 6.45) is 2.94. The zero-order valence-electron chi connectivity index (χ0n) is 18.1. The Morgan fingerprint density at radius 3 is 2.55 bits per heavy atom. The summed E-state index contributed by atoms with van der Waals surface area (Å²) in [6, 6.07) is 15.3.